The van der Waals surface area contributed by atoms with E-state index in [-0.39, 0.29) is 31.1 Å². The molecule has 0 N–H and O–H groups in total. The van der Waals surface area contributed by atoms with Gasteiger partial charge in [-0.05, 0) is 122 Å². The topological polar surface area (TPSA) is 78.9 Å². The Morgan fingerprint density at radius 3 is 0.738 bits per heavy atom. The molecule has 0 aliphatic rings. The van der Waals surface area contributed by atoms with Crippen molar-refractivity contribution in [2.45, 2.75) is 354 Å². The third-order valence-electron chi connectivity index (χ3n) is 15.1. The van der Waals surface area contributed by atoms with Crippen LogP contribution in [-0.4, -0.2) is 37.2 Å². The van der Waals surface area contributed by atoms with E-state index >= 15 is 0 Å². The summed E-state index contributed by atoms with van der Waals surface area (Å²) in [6.45, 7) is 6.62. The van der Waals surface area contributed by atoms with Gasteiger partial charge in [-0.3, -0.25) is 14.4 Å². The standard InChI is InChI=1S/C74H130O6/c1-4-7-10-13-16-19-22-25-28-31-34-35-36-37-38-39-41-43-46-49-52-55-58-61-64-67-73(76)79-70-71(69-78-72(75)66-63-60-57-54-51-48-45-42-33-30-27-24-21-18-15-12-9-6-3)80-74(77)68-65-62-59-56-53-50-47-44-40-32-29-26-23-20-17-14-11-8-5-2/h17,20-22,24-26,29-31,33-34,36-37,71H,4-16,18-19,23,27-28,32,35,38-70H2,1-3H3/b20-17-,24-21-,25-22-,29-26-,33-30-,34-31-,37-36-. The summed E-state index contributed by atoms with van der Waals surface area (Å²) >= 11 is 0. The van der Waals surface area contributed by atoms with Gasteiger partial charge in [0, 0.05) is 19.3 Å². The number of rotatable bonds is 63. The smallest absolute Gasteiger partial charge is 0.306 e. The molecular weight excluding hydrogens is 985 g/mol. The molecule has 6 heteroatoms. The zero-order chi connectivity index (χ0) is 57.8. The molecule has 0 aromatic rings. The Bertz CT molecular complexity index is 1520. The van der Waals surface area contributed by atoms with Crippen LogP contribution in [0.1, 0.15) is 348 Å². The summed E-state index contributed by atoms with van der Waals surface area (Å²) in [7, 11) is 0. The van der Waals surface area contributed by atoms with E-state index in [4.69, 9.17) is 14.2 Å². The van der Waals surface area contributed by atoms with Crippen LogP contribution in [0, 0.1) is 0 Å². The summed E-state index contributed by atoms with van der Waals surface area (Å²) in [6, 6.07) is 0. The van der Waals surface area contributed by atoms with Crippen LogP contribution in [0.5, 0.6) is 0 Å². The van der Waals surface area contributed by atoms with Gasteiger partial charge in [-0.1, -0.05) is 292 Å². The number of hydrogen-bond donors (Lipinski definition) is 0. The van der Waals surface area contributed by atoms with Crippen LogP contribution in [0.3, 0.4) is 0 Å². The molecule has 0 aliphatic carbocycles. The maximum Gasteiger partial charge on any atom is 0.306 e. The highest BCUT2D eigenvalue weighted by Crippen LogP contribution is 2.17. The summed E-state index contributed by atoms with van der Waals surface area (Å²) < 4.78 is 17.0. The molecule has 1 atom stereocenters. The molecule has 0 bridgehead atoms. The third-order valence-corrected chi connectivity index (χ3v) is 15.1. The Balaban J connectivity index is 4.37. The zero-order valence-electron chi connectivity index (χ0n) is 53.1. The van der Waals surface area contributed by atoms with Crippen LogP contribution in [0.25, 0.3) is 0 Å². The van der Waals surface area contributed by atoms with Crippen molar-refractivity contribution in [1.82, 2.24) is 0 Å². The molecule has 0 saturated carbocycles. The maximum absolute atomic E-state index is 13.0. The highest BCUT2D eigenvalue weighted by Gasteiger charge is 2.19. The molecular formula is C74H130O6. The second-order valence-corrected chi connectivity index (χ2v) is 23.1. The number of carbonyl (C=O) groups is 3. The molecule has 0 aromatic carbocycles. The van der Waals surface area contributed by atoms with Gasteiger partial charge in [0.2, 0.25) is 0 Å². The Labute approximate surface area is 496 Å². The van der Waals surface area contributed by atoms with Gasteiger partial charge in [0.25, 0.3) is 0 Å². The molecule has 80 heavy (non-hydrogen) atoms. The van der Waals surface area contributed by atoms with Gasteiger partial charge in [0.1, 0.15) is 13.2 Å². The molecule has 0 fully saturated rings. The van der Waals surface area contributed by atoms with Gasteiger partial charge in [0.05, 0.1) is 0 Å². The SMILES string of the molecule is CCCCC/C=C\C/C=C\CCCCCCCCCCCC(=O)OC(COC(=O)CCCCCCCCC/C=C\C/C=C\CCCCCC)COC(=O)CCCCCCCCCCCC/C=C\C/C=C\C/C=C\CCCCCCC. The first kappa shape index (κ1) is 76.6. The lowest BCUT2D eigenvalue weighted by atomic mass is 10.0. The van der Waals surface area contributed by atoms with Crippen LogP contribution in [0.2, 0.25) is 0 Å². The Morgan fingerprint density at radius 2 is 0.450 bits per heavy atom. The summed E-state index contributed by atoms with van der Waals surface area (Å²) in [5, 5.41) is 0. The minimum atomic E-state index is -0.786. The highest BCUT2D eigenvalue weighted by atomic mass is 16.6. The van der Waals surface area contributed by atoms with Gasteiger partial charge < -0.3 is 14.2 Å². The van der Waals surface area contributed by atoms with Crippen molar-refractivity contribution in [2.24, 2.45) is 0 Å². The van der Waals surface area contributed by atoms with E-state index in [0.717, 1.165) is 89.9 Å². The molecule has 0 aliphatic heterocycles. The van der Waals surface area contributed by atoms with Crippen LogP contribution in [0.4, 0.5) is 0 Å². The first-order valence-electron chi connectivity index (χ1n) is 34.6. The van der Waals surface area contributed by atoms with Crippen LogP contribution < -0.4 is 0 Å². The lowest BCUT2D eigenvalue weighted by molar-refractivity contribution is -0.167. The zero-order valence-corrected chi connectivity index (χ0v) is 53.1. The van der Waals surface area contributed by atoms with Gasteiger partial charge in [-0.25, -0.2) is 0 Å². The van der Waals surface area contributed by atoms with Crippen molar-refractivity contribution in [2.75, 3.05) is 13.2 Å². The molecule has 0 amide bonds. The van der Waals surface area contributed by atoms with Crippen molar-refractivity contribution in [3.63, 3.8) is 0 Å². The largest absolute Gasteiger partial charge is 0.462 e. The lowest BCUT2D eigenvalue weighted by Crippen LogP contribution is -2.30. The normalized spacial score (nSPS) is 12.6. The van der Waals surface area contributed by atoms with Crippen LogP contribution in [0.15, 0.2) is 85.1 Å². The van der Waals surface area contributed by atoms with Crippen LogP contribution >= 0.6 is 0 Å². The molecule has 462 valence electrons. The summed E-state index contributed by atoms with van der Waals surface area (Å²) in [5.41, 5.74) is 0. The van der Waals surface area contributed by atoms with Crippen LogP contribution in [-0.2, 0) is 28.6 Å². The fraction of sp³-hybridized carbons (Fsp3) is 0.770. The quantitative estimate of drug-likeness (QED) is 0.0261. The van der Waals surface area contributed by atoms with E-state index in [2.05, 4.69) is 106 Å². The van der Waals surface area contributed by atoms with E-state index in [9.17, 15) is 14.4 Å². The van der Waals surface area contributed by atoms with Crippen molar-refractivity contribution < 1.29 is 28.6 Å². The second kappa shape index (κ2) is 68.1. The second-order valence-electron chi connectivity index (χ2n) is 23.1. The first-order valence-corrected chi connectivity index (χ1v) is 34.6. The number of unbranched alkanes of at least 4 members (excludes halogenated alkanes) is 38. The minimum Gasteiger partial charge on any atom is -0.462 e. The summed E-state index contributed by atoms with van der Waals surface area (Å²) in [5.74, 6) is -0.881. The number of esters is 3. The minimum absolute atomic E-state index is 0.0816. The van der Waals surface area contributed by atoms with E-state index < -0.39 is 6.10 Å². The average molecular weight is 1120 g/mol. The molecule has 0 aromatic heterocycles. The Hall–Kier alpha value is -3.41. The Kier molecular flexibility index (Phi) is 65.2. The van der Waals surface area contributed by atoms with Crippen molar-refractivity contribution >= 4 is 17.9 Å². The highest BCUT2D eigenvalue weighted by molar-refractivity contribution is 5.71. The van der Waals surface area contributed by atoms with E-state index in [1.165, 1.54) is 218 Å². The molecule has 1 unspecified atom stereocenters. The predicted octanol–water partition coefficient (Wildman–Crippen LogP) is 23.8. The van der Waals surface area contributed by atoms with Gasteiger partial charge in [0.15, 0.2) is 6.10 Å². The van der Waals surface area contributed by atoms with Crippen molar-refractivity contribution in [3.8, 4) is 0 Å². The lowest BCUT2D eigenvalue weighted by Gasteiger charge is -2.18. The van der Waals surface area contributed by atoms with Crippen molar-refractivity contribution in [1.29, 1.82) is 0 Å². The number of ether oxygens (including phenoxy) is 3. The number of hydrogen-bond acceptors (Lipinski definition) is 6. The van der Waals surface area contributed by atoms with Gasteiger partial charge >= 0.3 is 17.9 Å². The molecule has 6 nitrogen and oxygen atoms in total. The molecule has 0 spiro atoms. The predicted molar refractivity (Wildman–Crippen MR) is 348 cm³/mol. The van der Waals surface area contributed by atoms with Crippen molar-refractivity contribution in [3.05, 3.63) is 85.1 Å². The maximum atomic E-state index is 13.0. The monoisotopic (exact) mass is 1110 g/mol. The Morgan fingerprint density at radius 1 is 0.250 bits per heavy atom. The van der Waals surface area contributed by atoms with E-state index in [1.807, 2.05) is 0 Å². The number of carbonyl (C=O) groups excluding carboxylic acids is 3. The molecule has 0 radical (unpaired) electrons. The molecule has 0 rings (SSSR count). The molecule has 0 saturated heterocycles. The fourth-order valence-corrected chi connectivity index (χ4v) is 9.87. The average Bonchev–Trinajstić information content (AvgIpc) is 3.46. The molecule has 0 heterocycles. The van der Waals surface area contributed by atoms with Gasteiger partial charge in [-0.2, -0.15) is 0 Å². The summed E-state index contributed by atoms with van der Waals surface area (Å²) in [4.78, 5) is 38.5. The number of allylic oxidation sites excluding steroid dienone is 14. The van der Waals surface area contributed by atoms with E-state index in [1.54, 1.807) is 0 Å². The third kappa shape index (κ3) is 65.4. The summed E-state index contributed by atoms with van der Waals surface area (Å²) in [6.07, 6.45) is 90.2. The van der Waals surface area contributed by atoms with E-state index in [0.29, 0.717) is 19.3 Å². The van der Waals surface area contributed by atoms with Gasteiger partial charge in [-0.15, -0.1) is 0 Å². The first-order chi connectivity index (χ1) is 39.5. The fourth-order valence-electron chi connectivity index (χ4n) is 9.87.